The van der Waals surface area contributed by atoms with E-state index in [-0.39, 0.29) is 5.91 Å². The van der Waals surface area contributed by atoms with Gasteiger partial charge in [0.25, 0.3) is 5.91 Å². The minimum Gasteiger partial charge on any atom is -0.320 e. The molecule has 134 valence electrons. The zero-order valence-electron chi connectivity index (χ0n) is 15.1. The molecular weight excluding hydrogens is 348 g/mol. The Morgan fingerprint density at radius 1 is 1.15 bits per heavy atom. The average Bonchev–Trinajstić information content (AvgIpc) is 3.04. The zero-order valence-corrected chi connectivity index (χ0v) is 15.8. The molecule has 0 radical (unpaired) electrons. The summed E-state index contributed by atoms with van der Waals surface area (Å²) in [7, 11) is 0. The molecule has 5 nitrogen and oxygen atoms in total. The molecule has 0 saturated carbocycles. The average molecular weight is 369 g/mol. The summed E-state index contributed by atoms with van der Waals surface area (Å²) < 4.78 is 1.71. The van der Waals surface area contributed by atoms with Crippen LogP contribution in [0.2, 0.25) is 5.02 Å². The highest BCUT2D eigenvalue weighted by atomic mass is 35.5. The van der Waals surface area contributed by atoms with Crippen molar-refractivity contribution < 1.29 is 4.79 Å². The fourth-order valence-corrected chi connectivity index (χ4v) is 2.92. The van der Waals surface area contributed by atoms with Crippen LogP contribution in [0.4, 0.5) is 5.69 Å². The third-order valence-corrected chi connectivity index (χ3v) is 4.64. The van der Waals surface area contributed by atoms with Gasteiger partial charge in [-0.1, -0.05) is 42.3 Å². The maximum Gasteiger partial charge on any atom is 0.278 e. The summed E-state index contributed by atoms with van der Waals surface area (Å²) in [6.07, 6.45) is 1.58. The largest absolute Gasteiger partial charge is 0.320 e. The molecule has 0 atom stereocenters. The van der Waals surface area contributed by atoms with Crippen LogP contribution in [-0.4, -0.2) is 20.9 Å². The minimum atomic E-state index is -0.248. The van der Waals surface area contributed by atoms with Crippen LogP contribution in [0, 0.1) is 13.8 Å². The Morgan fingerprint density at radius 2 is 1.88 bits per heavy atom. The number of halogens is 1. The minimum absolute atomic E-state index is 0.248. The van der Waals surface area contributed by atoms with Gasteiger partial charge in [-0.25, -0.2) is 4.68 Å². The topological polar surface area (TPSA) is 59.8 Å². The van der Waals surface area contributed by atoms with E-state index in [1.807, 2.05) is 44.2 Å². The standard InChI is InChI=1S/C20H21ClN4O/c1-4-6-18-19(20(26)22-17-8-5-7-13(2)14(17)3)23-24-25(18)16-11-9-15(21)10-12-16/h5,7-12H,4,6H2,1-3H3,(H,22,26). The SMILES string of the molecule is CCCc1c(C(=O)Nc2cccc(C)c2C)nnn1-c1ccc(Cl)cc1. The lowest BCUT2D eigenvalue weighted by atomic mass is 10.1. The smallest absolute Gasteiger partial charge is 0.278 e. The lowest BCUT2D eigenvalue weighted by Crippen LogP contribution is -2.16. The predicted octanol–water partition coefficient (Wildman–Crippen LogP) is 4.74. The molecule has 1 heterocycles. The van der Waals surface area contributed by atoms with Gasteiger partial charge in [0.15, 0.2) is 5.69 Å². The molecule has 0 aliphatic carbocycles. The second kappa shape index (κ2) is 7.70. The highest BCUT2D eigenvalue weighted by molar-refractivity contribution is 6.30. The number of benzene rings is 2. The van der Waals surface area contributed by atoms with Gasteiger partial charge in [0.05, 0.1) is 11.4 Å². The summed E-state index contributed by atoms with van der Waals surface area (Å²) in [5.41, 5.74) is 4.93. The molecule has 0 aliphatic rings. The number of hydrogen-bond acceptors (Lipinski definition) is 3. The van der Waals surface area contributed by atoms with Crippen LogP contribution in [0.15, 0.2) is 42.5 Å². The van der Waals surface area contributed by atoms with Crippen LogP contribution in [-0.2, 0) is 6.42 Å². The van der Waals surface area contributed by atoms with Gasteiger partial charge in [0.1, 0.15) is 0 Å². The molecule has 0 spiro atoms. The number of carbonyl (C=O) groups is 1. The first-order valence-corrected chi connectivity index (χ1v) is 8.97. The van der Waals surface area contributed by atoms with Crippen molar-refractivity contribution in [2.45, 2.75) is 33.6 Å². The van der Waals surface area contributed by atoms with E-state index in [2.05, 4.69) is 22.6 Å². The first kappa shape index (κ1) is 18.1. The lowest BCUT2D eigenvalue weighted by Gasteiger charge is -2.10. The third kappa shape index (κ3) is 3.63. The number of aromatic nitrogens is 3. The first-order valence-electron chi connectivity index (χ1n) is 8.59. The van der Waals surface area contributed by atoms with Crippen LogP contribution in [0.25, 0.3) is 5.69 Å². The van der Waals surface area contributed by atoms with Gasteiger partial charge < -0.3 is 5.32 Å². The summed E-state index contributed by atoms with van der Waals surface area (Å²) in [5.74, 6) is -0.248. The highest BCUT2D eigenvalue weighted by Crippen LogP contribution is 2.21. The monoisotopic (exact) mass is 368 g/mol. The lowest BCUT2D eigenvalue weighted by molar-refractivity contribution is 0.102. The van der Waals surface area contributed by atoms with E-state index < -0.39 is 0 Å². The quantitative estimate of drug-likeness (QED) is 0.707. The van der Waals surface area contributed by atoms with Crippen molar-refractivity contribution >= 4 is 23.2 Å². The van der Waals surface area contributed by atoms with E-state index in [0.29, 0.717) is 17.1 Å². The fraction of sp³-hybridized carbons (Fsp3) is 0.250. The zero-order chi connectivity index (χ0) is 18.7. The molecule has 0 aliphatic heterocycles. The maximum atomic E-state index is 12.8. The van der Waals surface area contributed by atoms with Gasteiger partial charge in [0, 0.05) is 10.7 Å². The molecule has 1 amide bonds. The van der Waals surface area contributed by atoms with Crippen molar-refractivity contribution in [1.29, 1.82) is 0 Å². The van der Waals surface area contributed by atoms with Crippen molar-refractivity contribution in [2.75, 3.05) is 5.32 Å². The molecule has 0 unspecified atom stereocenters. The van der Waals surface area contributed by atoms with E-state index in [9.17, 15) is 4.79 Å². The Morgan fingerprint density at radius 3 is 2.58 bits per heavy atom. The van der Waals surface area contributed by atoms with Crippen LogP contribution in [0.1, 0.15) is 40.7 Å². The Bertz CT molecular complexity index is 931. The van der Waals surface area contributed by atoms with Crippen molar-refractivity contribution in [3.8, 4) is 5.69 Å². The van der Waals surface area contributed by atoms with Crippen molar-refractivity contribution in [3.05, 3.63) is 70.0 Å². The summed E-state index contributed by atoms with van der Waals surface area (Å²) in [5, 5.41) is 12.0. The predicted molar refractivity (Wildman–Crippen MR) is 104 cm³/mol. The first-order chi connectivity index (χ1) is 12.5. The Kier molecular flexibility index (Phi) is 5.38. The van der Waals surface area contributed by atoms with E-state index in [4.69, 9.17) is 11.6 Å². The van der Waals surface area contributed by atoms with Crippen LogP contribution >= 0.6 is 11.6 Å². The Hall–Kier alpha value is -2.66. The van der Waals surface area contributed by atoms with Crippen molar-refractivity contribution in [2.24, 2.45) is 0 Å². The van der Waals surface area contributed by atoms with Crippen LogP contribution in [0.5, 0.6) is 0 Å². The molecular formula is C20H21ClN4O. The maximum absolute atomic E-state index is 12.8. The summed E-state index contributed by atoms with van der Waals surface area (Å²) in [6.45, 7) is 6.07. The van der Waals surface area contributed by atoms with Crippen LogP contribution < -0.4 is 5.32 Å². The van der Waals surface area contributed by atoms with Gasteiger partial charge in [-0.05, 0) is 61.7 Å². The number of aryl methyl sites for hydroxylation is 1. The molecule has 3 rings (SSSR count). The molecule has 1 aromatic heterocycles. The molecule has 3 aromatic rings. The van der Waals surface area contributed by atoms with E-state index in [1.54, 1.807) is 16.8 Å². The second-order valence-corrected chi connectivity index (χ2v) is 6.66. The molecule has 6 heteroatoms. The fourth-order valence-electron chi connectivity index (χ4n) is 2.80. The summed E-state index contributed by atoms with van der Waals surface area (Å²) in [6, 6.07) is 13.2. The van der Waals surface area contributed by atoms with Gasteiger partial charge in [0.2, 0.25) is 0 Å². The molecule has 26 heavy (non-hydrogen) atoms. The van der Waals surface area contributed by atoms with E-state index in [0.717, 1.165) is 34.6 Å². The summed E-state index contributed by atoms with van der Waals surface area (Å²) in [4.78, 5) is 12.8. The second-order valence-electron chi connectivity index (χ2n) is 6.22. The van der Waals surface area contributed by atoms with Gasteiger partial charge in [-0.15, -0.1) is 5.10 Å². The normalized spacial score (nSPS) is 10.8. The Labute approximate surface area is 158 Å². The molecule has 2 aromatic carbocycles. The number of nitrogens with zero attached hydrogens (tertiary/aromatic N) is 3. The summed E-state index contributed by atoms with van der Waals surface area (Å²) >= 11 is 5.96. The molecule has 1 N–H and O–H groups in total. The number of carbonyl (C=O) groups excluding carboxylic acids is 1. The van der Waals surface area contributed by atoms with Crippen molar-refractivity contribution in [1.82, 2.24) is 15.0 Å². The number of amides is 1. The van der Waals surface area contributed by atoms with Gasteiger partial charge in [-0.2, -0.15) is 0 Å². The molecule has 0 saturated heterocycles. The number of nitrogens with one attached hydrogen (secondary N) is 1. The van der Waals surface area contributed by atoms with Gasteiger partial charge >= 0.3 is 0 Å². The third-order valence-electron chi connectivity index (χ3n) is 4.39. The van der Waals surface area contributed by atoms with E-state index >= 15 is 0 Å². The van der Waals surface area contributed by atoms with Crippen molar-refractivity contribution in [3.63, 3.8) is 0 Å². The van der Waals surface area contributed by atoms with E-state index in [1.165, 1.54) is 0 Å². The highest BCUT2D eigenvalue weighted by Gasteiger charge is 2.20. The molecule has 0 fully saturated rings. The Balaban J connectivity index is 1.95. The number of anilines is 1. The number of hydrogen-bond donors (Lipinski definition) is 1. The van der Waals surface area contributed by atoms with Crippen LogP contribution in [0.3, 0.4) is 0 Å². The number of rotatable bonds is 5. The van der Waals surface area contributed by atoms with Gasteiger partial charge in [-0.3, -0.25) is 4.79 Å². The molecule has 0 bridgehead atoms.